The molecule has 0 heterocycles. The molecule has 0 spiro atoms. The summed E-state index contributed by atoms with van der Waals surface area (Å²) in [6.45, 7) is 6.01. The van der Waals surface area contributed by atoms with Crippen molar-refractivity contribution in [3.63, 3.8) is 0 Å². The van der Waals surface area contributed by atoms with Crippen LogP contribution in [-0.4, -0.2) is 17.3 Å². The Balaban J connectivity index is 2.11. The summed E-state index contributed by atoms with van der Waals surface area (Å²) in [5.41, 5.74) is 0.930. The van der Waals surface area contributed by atoms with Gasteiger partial charge >= 0.3 is 0 Å². The van der Waals surface area contributed by atoms with Crippen LogP contribution in [0.15, 0.2) is 18.2 Å². The standard InChI is InChI=1S/C13H17ClO2/c1-8-4-5-10(9(14)6-8)16-12-7-11(15)13(12,2)3/h4-6,11-12,15H,7H2,1-3H3. The van der Waals surface area contributed by atoms with Crippen LogP contribution >= 0.6 is 11.6 Å². The highest BCUT2D eigenvalue weighted by Crippen LogP contribution is 2.43. The first-order valence-corrected chi connectivity index (χ1v) is 5.90. The van der Waals surface area contributed by atoms with Crippen molar-refractivity contribution < 1.29 is 9.84 Å². The van der Waals surface area contributed by atoms with Gasteiger partial charge in [-0.25, -0.2) is 0 Å². The number of ether oxygens (including phenoxy) is 1. The van der Waals surface area contributed by atoms with Gasteiger partial charge in [0, 0.05) is 11.8 Å². The Morgan fingerprint density at radius 2 is 2.12 bits per heavy atom. The molecule has 3 heteroatoms. The van der Waals surface area contributed by atoms with E-state index >= 15 is 0 Å². The van der Waals surface area contributed by atoms with Gasteiger partial charge in [-0.1, -0.05) is 31.5 Å². The molecule has 2 rings (SSSR count). The van der Waals surface area contributed by atoms with Crippen molar-refractivity contribution in [3.8, 4) is 5.75 Å². The molecule has 1 aliphatic carbocycles. The third-order valence-corrected chi connectivity index (χ3v) is 3.78. The van der Waals surface area contributed by atoms with E-state index in [2.05, 4.69) is 0 Å². The number of aliphatic hydroxyl groups excluding tert-OH is 1. The largest absolute Gasteiger partial charge is 0.488 e. The Labute approximate surface area is 101 Å². The zero-order valence-electron chi connectivity index (χ0n) is 9.83. The molecule has 0 radical (unpaired) electrons. The molecule has 0 amide bonds. The van der Waals surface area contributed by atoms with Gasteiger partial charge in [-0.15, -0.1) is 0 Å². The Morgan fingerprint density at radius 3 is 2.62 bits per heavy atom. The molecule has 1 aromatic rings. The van der Waals surface area contributed by atoms with Gasteiger partial charge < -0.3 is 9.84 Å². The number of aryl methyl sites for hydroxylation is 1. The van der Waals surface area contributed by atoms with Crippen molar-refractivity contribution in [1.82, 2.24) is 0 Å². The van der Waals surface area contributed by atoms with Crippen molar-refractivity contribution in [2.45, 2.75) is 39.4 Å². The van der Waals surface area contributed by atoms with E-state index in [1.165, 1.54) is 0 Å². The summed E-state index contributed by atoms with van der Waals surface area (Å²) in [5, 5.41) is 10.3. The molecular weight excluding hydrogens is 224 g/mol. The fourth-order valence-corrected chi connectivity index (χ4v) is 2.20. The summed E-state index contributed by atoms with van der Waals surface area (Å²) in [5.74, 6) is 0.706. The molecule has 1 saturated carbocycles. The van der Waals surface area contributed by atoms with Crippen molar-refractivity contribution >= 4 is 11.6 Å². The maximum atomic E-state index is 9.62. The maximum absolute atomic E-state index is 9.62. The Hall–Kier alpha value is -0.730. The smallest absolute Gasteiger partial charge is 0.138 e. The summed E-state index contributed by atoms with van der Waals surface area (Å²) in [7, 11) is 0. The van der Waals surface area contributed by atoms with E-state index in [9.17, 15) is 5.11 Å². The summed E-state index contributed by atoms with van der Waals surface area (Å²) in [6, 6.07) is 5.75. The van der Waals surface area contributed by atoms with Crippen LogP contribution in [0.5, 0.6) is 5.75 Å². The van der Waals surface area contributed by atoms with Gasteiger partial charge in [0.25, 0.3) is 0 Å². The summed E-state index contributed by atoms with van der Waals surface area (Å²) in [4.78, 5) is 0. The highest BCUT2D eigenvalue weighted by Gasteiger charge is 2.49. The fraction of sp³-hybridized carbons (Fsp3) is 0.538. The zero-order valence-corrected chi connectivity index (χ0v) is 10.6. The SMILES string of the molecule is Cc1ccc(OC2CC(O)C2(C)C)c(Cl)c1. The molecule has 1 fully saturated rings. The Kier molecular flexibility index (Phi) is 2.89. The number of hydrogen-bond acceptors (Lipinski definition) is 2. The van der Waals surface area contributed by atoms with Gasteiger partial charge in [0.1, 0.15) is 11.9 Å². The van der Waals surface area contributed by atoms with Gasteiger partial charge in [0.2, 0.25) is 0 Å². The van der Waals surface area contributed by atoms with Crippen LogP contribution in [0.3, 0.4) is 0 Å². The molecule has 88 valence electrons. The van der Waals surface area contributed by atoms with Crippen LogP contribution in [0.1, 0.15) is 25.8 Å². The lowest BCUT2D eigenvalue weighted by Crippen LogP contribution is -2.56. The number of halogens is 1. The lowest BCUT2D eigenvalue weighted by atomic mass is 9.66. The fourth-order valence-electron chi connectivity index (χ4n) is 1.92. The summed E-state index contributed by atoms with van der Waals surface area (Å²) in [6.07, 6.45) is 0.446. The van der Waals surface area contributed by atoms with Gasteiger partial charge in [-0.3, -0.25) is 0 Å². The monoisotopic (exact) mass is 240 g/mol. The molecule has 1 N–H and O–H groups in total. The normalized spacial score (nSPS) is 27.3. The molecule has 0 saturated heterocycles. The summed E-state index contributed by atoms with van der Waals surface area (Å²) < 4.78 is 5.83. The molecule has 2 nitrogen and oxygen atoms in total. The molecule has 0 bridgehead atoms. The lowest BCUT2D eigenvalue weighted by molar-refractivity contribution is -0.134. The quantitative estimate of drug-likeness (QED) is 0.860. The molecule has 2 atom stereocenters. The predicted molar refractivity (Wildman–Crippen MR) is 65.0 cm³/mol. The van der Waals surface area contributed by atoms with E-state index in [0.29, 0.717) is 17.2 Å². The van der Waals surface area contributed by atoms with Crippen LogP contribution < -0.4 is 4.74 Å². The van der Waals surface area contributed by atoms with E-state index in [1.807, 2.05) is 39.0 Å². The number of rotatable bonds is 2. The second-order valence-electron chi connectivity index (χ2n) is 5.11. The predicted octanol–water partition coefficient (Wildman–Crippen LogP) is 3.19. The average molecular weight is 241 g/mol. The van der Waals surface area contributed by atoms with Crippen LogP contribution in [0, 0.1) is 12.3 Å². The van der Waals surface area contributed by atoms with Gasteiger partial charge in [0.15, 0.2) is 0 Å². The minimum atomic E-state index is -0.276. The van der Waals surface area contributed by atoms with Crippen molar-refractivity contribution in [2.75, 3.05) is 0 Å². The van der Waals surface area contributed by atoms with Gasteiger partial charge in [-0.05, 0) is 24.6 Å². The summed E-state index contributed by atoms with van der Waals surface area (Å²) >= 11 is 6.10. The second-order valence-corrected chi connectivity index (χ2v) is 5.52. The molecule has 0 aliphatic heterocycles. The van der Waals surface area contributed by atoms with E-state index in [1.54, 1.807) is 0 Å². The molecule has 16 heavy (non-hydrogen) atoms. The van der Waals surface area contributed by atoms with Gasteiger partial charge in [-0.2, -0.15) is 0 Å². The van der Waals surface area contributed by atoms with Crippen LogP contribution in [0.25, 0.3) is 0 Å². The van der Waals surface area contributed by atoms with Crippen molar-refractivity contribution in [1.29, 1.82) is 0 Å². The van der Waals surface area contributed by atoms with Crippen LogP contribution in [0.4, 0.5) is 0 Å². The first-order valence-electron chi connectivity index (χ1n) is 5.52. The first-order chi connectivity index (χ1) is 7.41. The molecule has 1 aliphatic rings. The lowest BCUT2D eigenvalue weighted by Gasteiger charge is -2.48. The minimum Gasteiger partial charge on any atom is -0.488 e. The molecule has 2 unspecified atom stereocenters. The number of aliphatic hydroxyl groups is 1. The van der Waals surface area contributed by atoms with E-state index in [0.717, 1.165) is 5.56 Å². The zero-order chi connectivity index (χ0) is 11.9. The molecular formula is C13H17ClO2. The first kappa shape index (κ1) is 11.7. The highest BCUT2D eigenvalue weighted by molar-refractivity contribution is 6.32. The van der Waals surface area contributed by atoms with Crippen molar-refractivity contribution in [2.24, 2.45) is 5.41 Å². The third-order valence-electron chi connectivity index (χ3n) is 3.48. The van der Waals surface area contributed by atoms with Crippen LogP contribution in [-0.2, 0) is 0 Å². The molecule has 0 aromatic heterocycles. The number of hydrogen-bond donors (Lipinski definition) is 1. The number of benzene rings is 1. The maximum Gasteiger partial charge on any atom is 0.138 e. The van der Waals surface area contributed by atoms with Gasteiger partial charge in [0.05, 0.1) is 11.1 Å². The second kappa shape index (κ2) is 3.94. The Morgan fingerprint density at radius 1 is 1.44 bits per heavy atom. The van der Waals surface area contributed by atoms with E-state index in [4.69, 9.17) is 16.3 Å². The van der Waals surface area contributed by atoms with Crippen molar-refractivity contribution in [3.05, 3.63) is 28.8 Å². The average Bonchev–Trinajstić information content (AvgIpc) is 2.21. The molecule has 1 aromatic carbocycles. The van der Waals surface area contributed by atoms with E-state index in [-0.39, 0.29) is 17.6 Å². The Bertz CT molecular complexity index is 401. The minimum absolute atomic E-state index is 0.0442. The van der Waals surface area contributed by atoms with E-state index < -0.39 is 0 Å². The highest BCUT2D eigenvalue weighted by atomic mass is 35.5. The third kappa shape index (κ3) is 1.92. The topological polar surface area (TPSA) is 29.5 Å². The van der Waals surface area contributed by atoms with Crippen LogP contribution in [0.2, 0.25) is 5.02 Å².